The Morgan fingerprint density at radius 2 is 0.875 bits per heavy atom. The maximum absolute atomic E-state index is 2.46. The molecule has 0 spiro atoms. The molecule has 0 N–H and O–H groups in total. The van der Waals surface area contributed by atoms with Crippen LogP contribution in [0.1, 0.15) is 25.0 Å². The summed E-state index contributed by atoms with van der Waals surface area (Å²) in [5.74, 6) is 0. The predicted octanol–water partition coefficient (Wildman–Crippen LogP) is 15.4. The minimum atomic E-state index is -0.0991. The molecule has 0 unspecified atom stereocenters. The third-order valence-corrected chi connectivity index (χ3v) is 12.2. The van der Waals surface area contributed by atoms with Gasteiger partial charge >= 0.3 is 0 Å². The molecular formula is C55H39N. The second-order valence-electron chi connectivity index (χ2n) is 15.7. The van der Waals surface area contributed by atoms with E-state index in [1.165, 1.54) is 93.3 Å². The summed E-state index contributed by atoms with van der Waals surface area (Å²) in [7, 11) is 0. The van der Waals surface area contributed by atoms with Gasteiger partial charge in [0.2, 0.25) is 0 Å². The van der Waals surface area contributed by atoms with Crippen molar-refractivity contribution < 1.29 is 0 Å². The van der Waals surface area contributed by atoms with E-state index in [-0.39, 0.29) is 5.41 Å². The molecule has 56 heavy (non-hydrogen) atoms. The number of anilines is 3. The third kappa shape index (κ3) is 4.94. The lowest BCUT2D eigenvalue weighted by Gasteiger charge is -2.29. The fourth-order valence-corrected chi connectivity index (χ4v) is 9.52. The quantitative estimate of drug-likeness (QED) is 0.161. The molecule has 264 valence electrons. The summed E-state index contributed by atoms with van der Waals surface area (Å²) >= 11 is 0. The molecule has 0 atom stereocenters. The lowest BCUT2D eigenvalue weighted by atomic mass is 9.82. The monoisotopic (exact) mass is 713 g/mol. The van der Waals surface area contributed by atoms with Crippen molar-refractivity contribution in [2.45, 2.75) is 19.3 Å². The van der Waals surface area contributed by atoms with Crippen molar-refractivity contribution >= 4 is 60.2 Å². The molecular weight excluding hydrogens is 675 g/mol. The Bertz CT molecular complexity index is 3150. The summed E-state index contributed by atoms with van der Waals surface area (Å²) in [6.45, 7) is 4.71. The lowest BCUT2D eigenvalue weighted by Crippen LogP contribution is -2.16. The third-order valence-electron chi connectivity index (χ3n) is 12.2. The first-order valence-electron chi connectivity index (χ1n) is 19.6. The van der Waals surface area contributed by atoms with Crippen LogP contribution in [0.15, 0.2) is 200 Å². The predicted molar refractivity (Wildman–Crippen MR) is 240 cm³/mol. The van der Waals surface area contributed by atoms with Gasteiger partial charge in [-0.25, -0.2) is 0 Å². The minimum absolute atomic E-state index is 0.0991. The van der Waals surface area contributed by atoms with E-state index >= 15 is 0 Å². The van der Waals surface area contributed by atoms with Crippen LogP contribution in [0.25, 0.3) is 76.5 Å². The average Bonchev–Trinajstić information content (AvgIpc) is 3.50. The van der Waals surface area contributed by atoms with E-state index in [1.807, 2.05) is 0 Å². The zero-order valence-electron chi connectivity index (χ0n) is 31.5. The Labute approximate surface area is 327 Å². The molecule has 0 amide bonds. The first-order chi connectivity index (χ1) is 27.5. The van der Waals surface area contributed by atoms with Crippen molar-refractivity contribution in [3.05, 3.63) is 211 Å². The molecule has 11 rings (SSSR count). The summed E-state index contributed by atoms with van der Waals surface area (Å²) < 4.78 is 0. The summed E-state index contributed by atoms with van der Waals surface area (Å²) in [5.41, 5.74) is 13.6. The standard InChI is InChI=1S/C55H39N/c1-55(2)50-22-10-9-20-48(50)54-51(55)23-12-24-52(54)56(41-31-27-38(28-32-41)44-21-11-15-36-13-3-5-16-43(36)44)42-33-29-39(30-34-42)49-35-40-26-25-37-14-4-6-17-45(37)53(40)47-19-8-7-18-46(47)49/h3-35H,1-2H3. The first kappa shape index (κ1) is 32.5. The van der Waals surface area contributed by atoms with Crippen LogP contribution in [0.2, 0.25) is 0 Å². The average molecular weight is 714 g/mol. The van der Waals surface area contributed by atoms with Crippen molar-refractivity contribution in [2.24, 2.45) is 0 Å². The van der Waals surface area contributed by atoms with Crippen LogP contribution in [0.3, 0.4) is 0 Å². The highest BCUT2D eigenvalue weighted by molar-refractivity contribution is 6.23. The Balaban J connectivity index is 1.08. The number of benzene rings is 10. The van der Waals surface area contributed by atoms with Crippen molar-refractivity contribution in [1.29, 1.82) is 0 Å². The highest BCUT2D eigenvalue weighted by atomic mass is 15.1. The van der Waals surface area contributed by atoms with E-state index < -0.39 is 0 Å². The zero-order chi connectivity index (χ0) is 37.4. The number of rotatable bonds is 5. The number of hydrogen-bond donors (Lipinski definition) is 0. The smallest absolute Gasteiger partial charge is 0.0543 e. The summed E-state index contributed by atoms with van der Waals surface area (Å²) in [4.78, 5) is 2.46. The molecule has 0 saturated carbocycles. The lowest BCUT2D eigenvalue weighted by molar-refractivity contribution is 0.660. The SMILES string of the molecule is CC1(C)c2ccccc2-c2c(N(c3ccc(-c4cccc5ccccc45)cc3)c3ccc(-c4cc5ccc6ccccc6c5c5ccccc45)cc3)cccc21. The molecule has 0 bridgehead atoms. The van der Waals surface area contributed by atoms with Crippen LogP contribution in [0.4, 0.5) is 17.1 Å². The van der Waals surface area contributed by atoms with E-state index in [9.17, 15) is 0 Å². The fourth-order valence-electron chi connectivity index (χ4n) is 9.52. The second-order valence-corrected chi connectivity index (χ2v) is 15.7. The molecule has 0 aromatic heterocycles. The fraction of sp³-hybridized carbons (Fsp3) is 0.0545. The molecule has 1 aliphatic carbocycles. The molecule has 0 radical (unpaired) electrons. The van der Waals surface area contributed by atoms with Gasteiger partial charge in [0.15, 0.2) is 0 Å². The Kier molecular flexibility index (Phi) is 7.28. The topological polar surface area (TPSA) is 3.24 Å². The molecule has 10 aromatic rings. The van der Waals surface area contributed by atoms with Crippen LogP contribution in [0.5, 0.6) is 0 Å². The van der Waals surface area contributed by atoms with Gasteiger partial charge in [-0.05, 0) is 118 Å². The molecule has 1 heteroatoms. The highest BCUT2D eigenvalue weighted by Gasteiger charge is 2.37. The van der Waals surface area contributed by atoms with Crippen molar-refractivity contribution in [3.8, 4) is 33.4 Å². The molecule has 1 aliphatic rings. The number of fused-ring (bicyclic) bond motifs is 9. The largest absolute Gasteiger partial charge is 0.310 e. The van der Waals surface area contributed by atoms with Gasteiger partial charge in [0, 0.05) is 22.4 Å². The van der Waals surface area contributed by atoms with Crippen molar-refractivity contribution in [3.63, 3.8) is 0 Å². The van der Waals surface area contributed by atoms with Gasteiger partial charge in [0.05, 0.1) is 5.69 Å². The summed E-state index contributed by atoms with van der Waals surface area (Å²) in [6.07, 6.45) is 0. The highest BCUT2D eigenvalue weighted by Crippen LogP contribution is 2.54. The van der Waals surface area contributed by atoms with Gasteiger partial charge in [-0.2, -0.15) is 0 Å². The second kappa shape index (κ2) is 12.5. The van der Waals surface area contributed by atoms with Crippen LogP contribution in [-0.4, -0.2) is 0 Å². The maximum Gasteiger partial charge on any atom is 0.0543 e. The van der Waals surface area contributed by atoms with E-state index in [0.29, 0.717) is 0 Å². The maximum atomic E-state index is 2.46. The van der Waals surface area contributed by atoms with Gasteiger partial charge in [-0.15, -0.1) is 0 Å². The summed E-state index contributed by atoms with van der Waals surface area (Å²) in [6, 6.07) is 73.9. The Morgan fingerprint density at radius 1 is 0.357 bits per heavy atom. The van der Waals surface area contributed by atoms with Crippen LogP contribution in [-0.2, 0) is 5.41 Å². The van der Waals surface area contributed by atoms with Gasteiger partial charge in [0.25, 0.3) is 0 Å². The molecule has 0 fully saturated rings. The van der Waals surface area contributed by atoms with Gasteiger partial charge < -0.3 is 4.90 Å². The summed E-state index contributed by atoms with van der Waals surface area (Å²) in [5, 5.41) is 10.2. The van der Waals surface area contributed by atoms with E-state index in [2.05, 4.69) is 219 Å². The van der Waals surface area contributed by atoms with Crippen LogP contribution < -0.4 is 4.90 Å². The van der Waals surface area contributed by atoms with Gasteiger partial charge in [0.1, 0.15) is 0 Å². The van der Waals surface area contributed by atoms with E-state index in [0.717, 1.165) is 11.4 Å². The zero-order valence-corrected chi connectivity index (χ0v) is 31.5. The Morgan fingerprint density at radius 3 is 1.62 bits per heavy atom. The first-order valence-corrected chi connectivity index (χ1v) is 19.6. The van der Waals surface area contributed by atoms with Crippen LogP contribution >= 0.6 is 0 Å². The van der Waals surface area contributed by atoms with Gasteiger partial charge in [-0.1, -0.05) is 178 Å². The Hall–Kier alpha value is -6.96. The van der Waals surface area contributed by atoms with E-state index in [1.54, 1.807) is 0 Å². The molecule has 1 nitrogen and oxygen atoms in total. The molecule has 0 saturated heterocycles. The van der Waals surface area contributed by atoms with E-state index in [4.69, 9.17) is 0 Å². The van der Waals surface area contributed by atoms with Crippen molar-refractivity contribution in [1.82, 2.24) is 0 Å². The normalized spacial score (nSPS) is 13.0. The number of hydrogen-bond acceptors (Lipinski definition) is 1. The minimum Gasteiger partial charge on any atom is -0.310 e. The van der Waals surface area contributed by atoms with Crippen LogP contribution in [0, 0.1) is 0 Å². The molecule has 0 aliphatic heterocycles. The molecule has 10 aromatic carbocycles. The number of nitrogens with zero attached hydrogens (tertiary/aromatic N) is 1. The molecule has 0 heterocycles. The van der Waals surface area contributed by atoms with Gasteiger partial charge in [-0.3, -0.25) is 0 Å². The van der Waals surface area contributed by atoms with Crippen molar-refractivity contribution in [2.75, 3.05) is 4.90 Å².